The topological polar surface area (TPSA) is 75.6 Å². The summed E-state index contributed by atoms with van der Waals surface area (Å²) < 4.78 is 30.2. The molecule has 1 saturated carbocycles. The molecule has 1 heterocycles. The minimum atomic E-state index is -3.38. The van der Waals surface area contributed by atoms with E-state index in [0.29, 0.717) is 17.9 Å². The van der Waals surface area contributed by atoms with Crippen molar-refractivity contribution in [2.24, 2.45) is 0 Å². The van der Waals surface area contributed by atoms with E-state index in [1.165, 1.54) is 0 Å². The number of rotatable bonds is 2. The van der Waals surface area contributed by atoms with Crippen LogP contribution < -0.4 is 9.46 Å². The minimum Gasteiger partial charge on any atom is -0.474 e. The molecule has 1 aliphatic heterocycles. The zero-order valence-electron chi connectivity index (χ0n) is 9.14. The first-order valence-corrected chi connectivity index (χ1v) is 7.10. The molecule has 92 valence electrons. The molecule has 0 saturated heterocycles. The van der Waals surface area contributed by atoms with E-state index in [0.717, 1.165) is 18.4 Å². The minimum absolute atomic E-state index is 0.344. The molecular weight excluding hydrogens is 242 g/mol. The molecule has 6 heteroatoms. The van der Waals surface area contributed by atoms with E-state index in [4.69, 9.17) is 4.74 Å². The largest absolute Gasteiger partial charge is 0.474 e. The molecule has 0 amide bonds. The van der Waals surface area contributed by atoms with Crippen LogP contribution in [0.1, 0.15) is 18.4 Å². The van der Waals surface area contributed by atoms with Crippen molar-refractivity contribution in [3.8, 4) is 5.75 Å². The van der Waals surface area contributed by atoms with Crippen molar-refractivity contribution < 1.29 is 18.3 Å². The van der Waals surface area contributed by atoms with Crippen LogP contribution in [0.2, 0.25) is 0 Å². The second-order valence-corrected chi connectivity index (χ2v) is 6.38. The lowest BCUT2D eigenvalue weighted by Gasteiger charge is -2.20. The van der Waals surface area contributed by atoms with Crippen molar-refractivity contribution in [2.75, 3.05) is 10.7 Å². The lowest BCUT2D eigenvalue weighted by atomic mass is 10.1. The molecule has 17 heavy (non-hydrogen) atoms. The van der Waals surface area contributed by atoms with Gasteiger partial charge in [-0.05, 0) is 30.5 Å². The van der Waals surface area contributed by atoms with Gasteiger partial charge in [0, 0.05) is 6.42 Å². The molecule has 2 N–H and O–H groups in total. The van der Waals surface area contributed by atoms with Crippen LogP contribution >= 0.6 is 0 Å². The molecule has 0 bridgehead atoms. The maximum absolute atomic E-state index is 11.3. The summed E-state index contributed by atoms with van der Waals surface area (Å²) >= 11 is 0. The van der Waals surface area contributed by atoms with Crippen LogP contribution in [0.4, 0.5) is 5.69 Å². The van der Waals surface area contributed by atoms with Gasteiger partial charge in [-0.3, -0.25) is 4.72 Å². The van der Waals surface area contributed by atoms with Gasteiger partial charge < -0.3 is 9.84 Å². The Morgan fingerprint density at radius 1 is 1.41 bits per heavy atom. The monoisotopic (exact) mass is 255 g/mol. The van der Waals surface area contributed by atoms with Gasteiger partial charge in [0.25, 0.3) is 10.0 Å². The Morgan fingerprint density at radius 2 is 2.18 bits per heavy atom. The van der Waals surface area contributed by atoms with Gasteiger partial charge in [0.2, 0.25) is 5.94 Å². The summed E-state index contributed by atoms with van der Waals surface area (Å²) in [4.78, 5) is 0. The zero-order valence-corrected chi connectivity index (χ0v) is 9.96. The molecule has 2 aliphatic rings. The Hall–Kier alpha value is -1.27. The molecule has 1 aromatic carbocycles. The molecule has 0 unspecified atom stereocenters. The second kappa shape index (κ2) is 3.36. The Balaban J connectivity index is 1.90. The highest BCUT2D eigenvalue weighted by atomic mass is 32.2. The molecule has 3 rings (SSSR count). The summed E-state index contributed by atoms with van der Waals surface area (Å²) in [7, 11) is -3.38. The van der Waals surface area contributed by atoms with E-state index in [1.807, 2.05) is 6.07 Å². The van der Waals surface area contributed by atoms with Gasteiger partial charge in [0.1, 0.15) is 5.75 Å². The van der Waals surface area contributed by atoms with Crippen molar-refractivity contribution in [1.29, 1.82) is 0 Å². The Kier molecular flexibility index (Phi) is 2.15. The molecule has 1 aliphatic carbocycles. The van der Waals surface area contributed by atoms with Crippen LogP contribution in [0.5, 0.6) is 5.75 Å². The number of anilines is 1. The Morgan fingerprint density at radius 3 is 2.88 bits per heavy atom. The van der Waals surface area contributed by atoms with Gasteiger partial charge in [-0.2, -0.15) is 0 Å². The molecule has 0 radical (unpaired) electrons. The molecular formula is C11H13NO4S. The number of benzene rings is 1. The van der Waals surface area contributed by atoms with Crippen molar-refractivity contribution in [2.45, 2.75) is 24.9 Å². The molecule has 0 atom stereocenters. The highest BCUT2D eigenvalue weighted by molar-refractivity contribution is 7.92. The third-order valence-electron chi connectivity index (χ3n) is 3.04. The third kappa shape index (κ3) is 2.23. The van der Waals surface area contributed by atoms with E-state index in [9.17, 15) is 13.5 Å². The maximum atomic E-state index is 11.3. The molecule has 1 fully saturated rings. The summed E-state index contributed by atoms with van der Waals surface area (Å²) in [6, 6.07) is 5.31. The van der Waals surface area contributed by atoms with Crippen molar-refractivity contribution in [3.63, 3.8) is 0 Å². The smallest absolute Gasteiger partial charge is 0.268 e. The molecule has 0 spiro atoms. The van der Waals surface area contributed by atoms with Crippen LogP contribution in [0.3, 0.4) is 0 Å². The fourth-order valence-corrected chi connectivity index (χ4v) is 2.77. The van der Waals surface area contributed by atoms with Crippen molar-refractivity contribution >= 4 is 15.7 Å². The average Bonchev–Trinajstić information content (AvgIpc) is 2.94. The van der Waals surface area contributed by atoms with E-state index >= 15 is 0 Å². The van der Waals surface area contributed by atoms with Crippen molar-refractivity contribution in [3.05, 3.63) is 23.8 Å². The predicted octanol–water partition coefficient (Wildman–Crippen LogP) is 0.846. The third-order valence-corrected chi connectivity index (χ3v) is 4.00. The number of hydrogen-bond acceptors (Lipinski definition) is 4. The SMILES string of the molecule is O=S1(=O)COc2ccc(CC3(O)CC3)cc2N1. The van der Waals surface area contributed by atoms with Crippen LogP contribution in [0, 0.1) is 0 Å². The summed E-state index contributed by atoms with van der Waals surface area (Å²) in [6.45, 7) is 0. The summed E-state index contributed by atoms with van der Waals surface area (Å²) in [6.07, 6.45) is 2.18. The lowest BCUT2D eigenvalue weighted by Crippen LogP contribution is -2.25. The standard InChI is InChI=1S/C11H13NO4S/c13-11(3-4-11)6-8-1-2-10-9(5-8)12-17(14,15)7-16-10/h1-2,5,12-13H,3-4,6-7H2. The second-order valence-electron chi connectivity index (χ2n) is 4.71. The van der Waals surface area contributed by atoms with Crippen LogP contribution in [0.15, 0.2) is 18.2 Å². The highest BCUT2D eigenvalue weighted by Crippen LogP contribution is 2.39. The number of fused-ring (bicyclic) bond motifs is 1. The number of aliphatic hydroxyl groups is 1. The fourth-order valence-electron chi connectivity index (χ4n) is 1.93. The van der Waals surface area contributed by atoms with Gasteiger partial charge in [0.15, 0.2) is 0 Å². The van der Waals surface area contributed by atoms with Gasteiger partial charge >= 0.3 is 0 Å². The summed E-state index contributed by atoms with van der Waals surface area (Å²) in [5.41, 5.74) is 0.790. The van der Waals surface area contributed by atoms with E-state index in [-0.39, 0.29) is 5.94 Å². The zero-order chi connectivity index (χ0) is 12.1. The van der Waals surface area contributed by atoms with Gasteiger partial charge in [-0.1, -0.05) is 6.07 Å². The maximum Gasteiger partial charge on any atom is 0.268 e. The van der Waals surface area contributed by atoms with Crippen LogP contribution in [-0.2, 0) is 16.4 Å². The summed E-state index contributed by atoms with van der Waals surface area (Å²) in [5.74, 6) is 0.190. The van der Waals surface area contributed by atoms with E-state index in [1.54, 1.807) is 12.1 Å². The van der Waals surface area contributed by atoms with Crippen LogP contribution in [-0.4, -0.2) is 25.1 Å². The quantitative estimate of drug-likeness (QED) is 0.821. The lowest BCUT2D eigenvalue weighted by molar-refractivity contribution is 0.151. The first kappa shape index (κ1) is 10.9. The molecule has 5 nitrogen and oxygen atoms in total. The van der Waals surface area contributed by atoms with E-state index in [2.05, 4.69) is 4.72 Å². The van der Waals surface area contributed by atoms with Gasteiger partial charge in [-0.15, -0.1) is 0 Å². The predicted molar refractivity (Wildman–Crippen MR) is 62.4 cm³/mol. The fraction of sp³-hybridized carbons (Fsp3) is 0.455. The Labute approximate surface area is 99.5 Å². The first-order valence-electron chi connectivity index (χ1n) is 5.44. The number of ether oxygens (including phenoxy) is 1. The normalized spacial score (nSPS) is 23.1. The van der Waals surface area contributed by atoms with Crippen LogP contribution in [0.25, 0.3) is 0 Å². The van der Waals surface area contributed by atoms with Gasteiger partial charge in [-0.25, -0.2) is 8.42 Å². The number of sulfonamides is 1. The number of nitrogens with one attached hydrogen (secondary N) is 1. The van der Waals surface area contributed by atoms with Crippen molar-refractivity contribution in [1.82, 2.24) is 0 Å². The molecule has 1 aromatic rings. The summed E-state index contributed by atoms with van der Waals surface area (Å²) in [5, 5.41) is 9.82. The van der Waals surface area contributed by atoms with E-state index < -0.39 is 15.6 Å². The number of hydrogen-bond donors (Lipinski definition) is 2. The average molecular weight is 255 g/mol. The van der Waals surface area contributed by atoms with Gasteiger partial charge in [0.05, 0.1) is 11.3 Å². The Bertz CT molecular complexity index is 563. The highest BCUT2D eigenvalue weighted by Gasteiger charge is 2.40. The first-order chi connectivity index (χ1) is 7.96. The molecule has 0 aromatic heterocycles.